The minimum absolute atomic E-state index is 0.133. The van der Waals surface area contributed by atoms with Crippen LogP contribution in [0.1, 0.15) is 58.8 Å². The molecule has 1 aliphatic rings. The molecular weight excluding hydrogens is 188 g/mol. The van der Waals surface area contributed by atoms with E-state index in [1.54, 1.807) is 0 Å². The molecule has 0 radical (unpaired) electrons. The zero-order valence-electron chi connectivity index (χ0n) is 10.2. The maximum atomic E-state index is 9.85. The first kappa shape index (κ1) is 13.0. The largest absolute Gasteiger partial charge is 0.390 e. The molecule has 1 rings (SSSR count). The summed E-state index contributed by atoms with van der Waals surface area (Å²) in [7, 11) is 0. The second-order valence-corrected chi connectivity index (χ2v) is 4.92. The SMILES string of the molecule is CCC(C)CCCCC(O)C1CCCO1. The zero-order valence-corrected chi connectivity index (χ0v) is 10.2. The smallest absolute Gasteiger partial charge is 0.0834 e. The van der Waals surface area contributed by atoms with Crippen LogP contribution in [0.15, 0.2) is 0 Å². The Kier molecular flexibility index (Phi) is 6.26. The molecule has 1 aliphatic heterocycles. The van der Waals surface area contributed by atoms with Gasteiger partial charge in [-0.25, -0.2) is 0 Å². The molecule has 0 spiro atoms. The molecule has 0 bridgehead atoms. The van der Waals surface area contributed by atoms with Crippen molar-refractivity contribution < 1.29 is 9.84 Å². The van der Waals surface area contributed by atoms with E-state index < -0.39 is 0 Å². The zero-order chi connectivity index (χ0) is 11.1. The number of hydrogen-bond acceptors (Lipinski definition) is 2. The van der Waals surface area contributed by atoms with E-state index in [0.717, 1.165) is 38.2 Å². The summed E-state index contributed by atoms with van der Waals surface area (Å²) in [6.07, 6.45) is 7.97. The van der Waals surface area contributed by atoms with Gasteiger partial charge in [0.2, 0.25) is 0 Å². The van der Waals surface area contributed by atoms with Gasteiger partial charge in [0.15, 0.2) is 0 Å². The van der Waals surface area contributed by atoms with Crippen LogP contribution in [0.25, 0.3) is 0 Å². The van der Waals surface area contributed by atoms with E-state index in [1.165, 1.54) is 19.3 Å². The minimum atomic E-state index is -0.218. The van der Waals surface area contributed by atoms with Gasteiger partial charge in [0, 0.05) is 6.61 Å². The normalized spacial score (nSPS) is 25.4. The Morgan fingerprint density at radius 3 is 2.67 bits per heavy atom. The van der Waals surface area contributed by atoms with Crippen molar-refractivity contribution in [2.24, 2.45) is 5.92 Å². The molecule has 1 N–H and O–H groups in total. The van der Waals surface area contributed by atoms with E-state index in [0.29, 0.717) is 0 Å². The molecule has 0 amide bonds. The quantitative estimate of drug-likeness (QED) is 0.660. The van der Waals surface area contributed by atoms with Gasteiger partial charge in [-0.2, -0.15) is 0 Å². The predicted molar refractivity (Wildman–Crippen MR) is 62.9 cm³/mol. The van der Waals surface area contributed by atoms with Gasteiger partial charge in [-0.3, -0.25) is 0 Å². The Morgan fingerprint density at radius 1 is 1.33 bits per heavy atom. The molecule has 0 aromatic carbocycles. The molecule has 0 aliphatic carbocycles. The van der Waals surface area contributed by atoms with E-state index in [2.05, 4.69) is 13.8 Å². The lowest BCUT2D eigenvalue weighted by Crippen LogP contribution is -2.24. The fourth-order valence-corrected chi connectivity index (χ4v) is 2.14. The van der Waals surface area contributed by atoms with Gasteiger partial charge in [0.05, 0.1) is 12.2 Å². The molecule has 0 aromatic heterocycles. The van der Waals surface area contributed by atoms with Gasteiger partial charge < -0.3 is 9.84 Å². The second-order valence-electron chi connectivity index (χ2n) is 4.92. The average Bonchev–Trinajstić information content (AvgIpc) is 2.77. The highest BCUT2D eigenvalue weighted by molar-refractivity contribution is 4.73. The number of unbranched alkanes of at least 4 members (excludes halogenated alkanes) is 1. The number of rotatable bonds is 7. The van der Waals surface area contributed by atoms with Gasteiger partial charge >= 0.3 is 0 Å². The fourth-order valence-electron chi connectivity index (χ4n) is 2.14. The van der Waals surface area contributed by atoms with Gasteiger partial charge in [0.25, 0.3) is 0 Å². The molecule has 15 heavy (non-hydrogen) atoms. The molecule has 0 aromatic rings. The maximum absolute atomic E-state index is 9.85. The van der Waals surface area contributed by atoms with Crippen molar-refractivity contribution >= 4 is 0 Å². The van der Waals surface area contributed by atoms with Crippen LogP contribution < -0.4 is 0 Å². The first-order chi connectivity index (χ1) is 7.24. The van der Waals surface area contributed by atoms with Crippen molar-refractivity contribution in [3.63, 3.8) is 0 Å². The average molecular weight is 214 g/mol. The second kappa shape index (κ2) is 7.24. The molecule has 1 saturated heterocycles. The standard InChI is InChI=1S/C13H26O2/c1-3-11(2)7-4-5-8-12(14)13-9-6-10-15-13/h11-14H,3-10H2,1-2H3. The van der Waals surface area contributed by atoms with Gasteiger partial charge in [-0.1, -0.05) is 39.5 Å². The molecule has 0 saturated carbocycles. The van der Waals surface area contributed by atoms with Crippen LogP contribution in [0.5, 0.6) is 0 Å². The molecule has 90 valence electrons. The lowest BCUT2D eigenvalue weighted by Gasteiger charge is -2.17. The predicted octanol–water partition coefficient (Wildman–Crippen LogP) is 3.13. The molecule has 3 atom stereocenters. The minimum Gasteiger partial charge on any atom is -0.390 e. The van der Waals surface area contributed by atoms with Crippen LogP contribution in [-0.4, -0.2) is 23.9 Å². The van der Waals surface area contributed by atoms with Crippen molar-refractivity contribution in [2.45, 2.75) is 71.0 Å². The van der Waals surface area contributed by atoms with Gasteiger partial charge in [-0.15, -0.1) is 0 Å². The third-order valence-electron chi connectivity index (χ3n) is 3.54. The summed E-state index contributed by atoms with van der Waals surface area (Å²) in [4.78, 5) is 0. The highest BCUT2D eigenvalue weighted by atomic mass is 16.5. The van der Waals surface area contributed by atoms with Crippen LogP contribution in [0.3, 0.4) is 0 Å². The lowest BCUT2D eigenvalue weighted by molar-refractivity contribution is -0.00645. The summed E-state index contributed by atoms with van der Waals surface area (Å²) in [5.74, 6) is 0.838. The van der Waals surface area contributed by atoms with Crippen molar-refractivity contribution in [2.75, 3.05) is 6.61 Å². The monoisotopic (exact) mass is 214 g/mol. The molecule has 2 nitrogen and oxygen atoms in total. The van der Waals surface area contributed by atoms with Crippen molar-refractivity contribution in [1.29, 1.82) is 0 Å². The summed E-state index contributed by atoms with van der Waals surface area (Å²) in [6, 6.07) is 0. The summed E-state index contributed by atoms with van der Waals surface area (Å²) < 4.78 is 5.46. The Balaban J connectivity index is 1.99. The molecule has 1 fully saturated rings. The van der Waals surface area contributed by atoms with Crippen molar-refractivity contribution in [3.05, 3.63) is 0 Å². The summed E-state index contributed by atoms with van der Waals surface area (Å²) in [5.41, 5.74) is 0. The molecular formula is C13H26O2. The molecule has 3 unspecified atom stereocenters. The van der Waals surface area contributed by atoms with Crippen LogP contribution in [0.2, 0.25) is 0 Å². The number of ether oxygens (including phenoxy) is 1. The maximum Gasteiger partial charge on any atom is 0.0834 e. The third-order valence-corrected chi connectivity index (χ3v) is 3.54. The van der Waals surface area contributed by atoms with Crippen LogP contribution in [0, 0.1) is 5.92 Å². The Morgan fingerprint density at radius 2 is 2.07 bits per heavy atom. The summed E-state index contributed by atoms with van der Waals surface area (Å²) >= 11 is 0. The fraction of sp³-hybridized carbons (Fsp3) is 1.00. The number of aliphatic hydroxyl groups is 1. The van der Waals surface area contributed by atoms with E-state index in [4.69, 9.17) is 4.74 Å². The first-order valence-corrected chi connectivity index (χ1v) is 6.53. The molecule has 1 heterocycles. The van der Waals surface area contributed by atoms with E-state index in [9.17, 15) is 5.11 Å². The Hall–Kier alpha value is -0.0800. The summed E-state index contributed by atoms with van der Waals surface area (Å²) in [5, 5.41) is 9.85. The topological polar surface area (TPSA) is 29.5 Å². The first-order valence-electron chi connectivity index (χ1n) is 6.53. The van der Waals surface area contributed by atoms with Crippen LogP contribution >= 0.6 is 0 Å². The Labute approximate surface area is 94.0 Å². The van der Waals surface area contributed by atoms with Crippen LogP contribution in [-0.2, 0) is 4.74 Å². The highest BCUT2D eigenvalue weighted by Gasteiger charge is 2.23. The number of aliphatic hydroxyl groups excluding tert-OH is 1. The van der Waals surface area contributed by atoms with E-state index in [1.807, 2.05) is 0 Å². The van der Waals surface area contributed by atoms with E-state index >= 15 is 0 Å². The third kappa shape index (κ3) is 4.98. The van der Waals surface area contributed by atoms with E-state index in [-0.39, 0.29) is 12.2 Å². The Bertz CT molecular complexity index is 153. The van der Waals surface area contributed by atoms with Crippen LogP contribution in [0.4, 0.5) is 0 Å². The van der Waals surface area contributed by atoms with Gasteiger partial charge in [-0.05, 0) is 25.2 Å². The highest BCUT2D eigenvalue weighted by Crippen LogP contribution is 2.20. The lowest BCUT2D eigenvalue weighted by atomic mass is 9.98. The number of hydrogen-bond donors (Lipinski definition) is 1. The van der Waals surface area contributed by atoms with Crippen molar-refractivity contribution in [3.8, 4) is 0 Å². The van der Waals surface area contributed by atoms with Crippen molar-refractivity contribution in [1.82, 2.24) is 0 Å². The molecule has 2 heteroatoms. The summed E-state index contributed by atoms with van der Waals surface area (Å²) in [6.45, 7) is 5.39. The van der Waals surface area contributed by atoms with Gasteiger partial charge in [0.1, 0.15) is 0 Å².